The van der Waals surface area contributed by atoms with Gasteiger partial charge in [-0.3, -0.25) is 4.79 Å². The highest BCUT2D eigenvalue weighted by Gasteiger charge is 2.40. The van der Waals surface area contributed by atoms with Gasteiger partial charge in [-0.2, -0.15) is 0 Å². The third-order valence-corrected chi connectivity index (χ3v) is 4.79. The van der Waals surface area contributed by atoms with E-state index in [9.17, 15) is 9.18 Å². The minimum Gasteiger partial charge on any atom is -0.497 e. The quantitative estimate of drug-likeness (QED) is 0.754. The van der Waals surface area contributed by atoms with Crippen LogP contribution in [0.4, 0.5) is 4.39 Å². The Morgan fingerprint density at radius 1 is 1.26 bits per heavy atom. The van der Waals surface area contributed by atoms with E-state index in [1.807, 2.05) is 30.3 Å². The van der Waals surface area contributed by atoms with Gasteiger partial charge in [0, 0.05) is 18.0 Å². The number of hydrogen-bond acceptors (Lipinski definition) is 4. The second-order valence-electron chi connectivity index (χ2n) is 6.61. The number of halogens is 1. The fraction of sp³-hybridized carbons (Fsp3) is 0.250. The predicted octanol–water partition coefficient (Wildman–Crippen LogP) is 3.01. The molecule has 1 fully saturated rings. The van der Waals surface area contributed by atoms with Crippen LogP contribution >= 0.6 is 0 Å². The maximum Gasteiger partial charge on any atom is 0.274 e. The highest BCUT2D eigenvalue weighted by Crippen LogP contribution is 2.41. The fourth-order valence-electron chi connectivity index (χ4n) is 3.22. The molecule has 1 aliphatic carbocycles. The Kier molecular flexibility index (Phi) is 4.35. The molecule has 1 saturated carbocycles. The largest absolute Gasteiger partial charge is 0.497 e. The van der Waals surface area contributed by atoms with E-state index < -0.39 is 0 Å². The van der Waals surface area contributed by atoms with Crippen LogP contribution in [-0.2, 0) is 0 Å². The Bertz CT molecular complexity index is 1000. The van der Waals surface area contributed by atoms with Gasteiger partial charge in [-0.1, -0.05) is 23.4 Å². The molecule has 1 heterocycles. The standard InChI is InChI=1S/C20H19FN4O2/c1-12-19(23-24-25(12)15-7-4-8-16(10-15)27-2)20(26)22-18-11-17(18)13-5-3-6-14(21)9-13/h3-10,17-18H,11H2,1-2H3,(H,22,26)/t17-,18+/m0/s1. The zero-order valence-corrected chi connectivity index (χ0v) is 15.0. The summed E-state index contributed by atoms with van der Waals surface area (Å²) in [5, 5.41) is 11.1. The molecule has 0 spiro atoms. The summed E-state index contributed by atoms with van der Waals surface area (Å²) < 4.78 is 20.2. The lowest BCUT2D eigenvalue weighted by Crippen LogP contribution is -2.27. The molecule has 0 aliphatic heterocycles. The molecule has 7 heteroatoms. The van der Waals surface area contributed by atoms with Crippen molar-refractivity contribution >= 4 is 5.91 Å². The number of ether oxygens (including phenoxy) is 1. The minimum absolute atomic E-state index is 0.0133. The van der Waals surface area contributed by atoms with Crippen LogP contribution in [0.2, 0.25) is 0 Å². The lowest BCUT2D eigenvalue weighted by molar-refractivity contribution is 0.0944. The molecule has 2 aromatic carbocycles. The Morgan fingerprint density at radius 3 is 2.85 bits per heavy atom. The molecule has 0 unspecified atom stereocenters. The summed E-state index contributed by atoms with van der Waals surface area (Å²) >= 11 is 0. The van der Waals surface area contributed by atoms with Crippen molar-refractivity contribution in [3.05, 3.63) is 71.3 Å². The van der Waals surface area contributed by atoms with Crippen LogP contribution in [0.25, 0.3) is 5.69 Å². The summed E-state index contributed by atoms with van der Waals surface area (Å²) in [6.07, 6.45) is 0.790. The molecule has 27 heavy (non-hydrogen) atoms. The molecular formula is C20H19FN4O2. The molecule has 138 valence electrons. The van der Waals surface area contributed by atoms with E-state index in [1.165, 1.54) is 12.1 Å². The summed E-state index contributed by atoms with van der Waals surface area (Å²) in [4.78, 5) is 12.6. The van der Waals surface area contributed by atoms with Gasteiger partial charge in [0.15, 0.2) is 5.69 Å². The zero-order chi connectivity index (χ0) is 19.0. The van der Waals surface area contributed by atoms with Gasteiger partial charge in [-0.05, 0) is 43.2 Å². The number of aromatic nitrogens is 3. The lowest BCUT2D eigenvalue weighted by atomic mass is 10.1. The Balaban J connectivity index is 1.48. The van der Waals surface area contributed by atoms with Crippen molar-refractivity contribution in [3.63, 3.8) is 0 Å². The molecule has 1 N–H and O–H groups in total. The number of hydrogen-bond donors (Lipinski definition) is 1. The van der Waals surface area contributed by atoms with Crippen molar-refractivity contribution in [2.24, 2.45) is 0 Å². The Labute approximate surface area is 156 Å². The first-order valence-electron chi connectivity index (χ1n) is 8.70. The van der Waals surface area contributed by atoms with Crippen molar-refractivity contribution < 1.29 is 13.9 Å². The van der Waals surface area contributed by atoms with E-state index in [-0.39, 0.29) is 29.4 Å². The topological polar surface area (TPSA) is 69.0 Å². The van der Waals surface area contributed by atoms with Crippen molar-refractivity contribution in [1.29, 1.82) is 0 Å². The normalized spacial score (nSPS) is 18.2. The number of benzene rings is 2. The molecule has 0 bridgehead atoms. The van der Waals surface area contributed by atoms with E-state index in [4.69, 9.17) is 4.74 Å². The monoisotopic (exact) mass is 366 g/mol. The first-order chi connectivity index (χ1) is 13.1. The van der Waals surface area contributed by atoms with Crippen molar-refractivity contribution in [3.8, 4) is 11.4 Å². The van der Waals surface area contributed by atoms with Gasteiger partial charge < -0.3 is 10.1 Å². The van der Waals surface area contributed by atoms with E-state index in [0.717, 1.165) is 17.7 Å². The van der Waals surface area contributed by atoms with Crippen molar-refractivity contribution in [2.75, 3.05) is 7.11 Å². The average molecular weight is 366 g/mol. The smallest absolute Gasteiger partial charge is 0.274 e. The first kappa shape index (κ1) is 17.2. The molecule has 3 aromatic rings. The molecule has 1 amide bonds. The second kappa shape index (κ2) is 6.83. The van der Waals surface area contributed by atoms with E-state index in [1.54, 1.807) is 24.8 Å². The number of amides is 1. The summed E-state index contributed by atoms with van der Waals surface area (Å²) in [6.45, 7) is 1.80. The lowest BCUT2D eigenvalue weighted by Gasteiger charge is -2.06. The number of carbonyl (C=O) groups excluding carboxylic acids is 1. The van der Waals surface area contributed by atoms with Crippen LogP contribution in [0.3, 0.4) is 0 Å². The highest BCUT2D eigenvalue weighted by atomic mass is 19.1. The van der Waals surface area contributed by atoms with Crippen LogP contribution in [0.15, 0.2) is 48.5 Å². The first-order valence-corrected chi connectivity index (χ1v) is 8.70. The van der Waals surface area contributed by atoms with Crippen molar-refractivity contribution in [2.45, 2.75) is 25.3 Å². The van der Waals surface area contributed by atoms with Crippen LogP contribution in [0.5, 0.6) is 5.75 Å². The van der Waals surface area contributed by atoms with Gasteiger partial charge >= 0.3 is 0 Å². The molecule has 1 aliphatic rings. The van der Waals surface area contributed by atoms with Crippen LogP contribution in [0, 0.1) is 12.7 Å². The Hall–Kier alpha value is -3.22. The molecule has 4 rings (SSSR count). The summed E-state index contributed by atoms with van der Waals surface area (Å²) in [7, 11) is 1.59. The third kappa shape index (κ3) is 3.40. The molecule has 1 aromatic heterocycles. The average Bonchev–Trinajstić information content (AvgIpc) is 3.33. The predicted molar refractivity (Wildman–Crippen MR) is 97.7 cm³/mol. The molecule has 0 saturated heterocycles. The molecule has 6 nitrogen and oxygen atoms in total. The maximum atomic E-state index is 13.4. The van der Waals surface area contributed by atoms with Gasteiger partial charge in [-0.15, -0.1) is 5.10 Å². The van der Waals surface area contributed by atoms with E-state index in [0.29, 0.717) is 11.4 Å². The molecule has 2 atom stereocenters. The highest BCUT2D eigenvalue weighted by molar-refractivity contribution is 5.93. The second-order valence-corrected chi connectivity index (χ2v) is 6.61. The van der Waals surface area contributed by atoms with E-state index >= 15 is 0 Å². The van der Waals surface area contributed by atoms with Crippen LogP contribution < -0.4 is 10.1 Å². The van der Waals surface area contributed by atoms with Gasteiger partial charge in [0.05, 0.1) is 18.5 Å². The zero-order valence-electron chi connectivity index (χ0n) is 15.0. The molecule has 0 radical (unpaired) electrons. The van der Waals surface area contributed by atoms with Crippen LogP contribution in [-0.4, -0.2) is 34.1 Å². The third-order valence-electron chi connectivity index (χ3n) is 4.79. The van der Waals surface area contributed by atoms with Gasteiger partial charge in [0.25, 0.3) is 5.91 Å². The molecular weight excluding hydrogens is 347 g/mol. The maximum absolute atomic E-state index is 13.4. The summed E-state index contributed by atoms with van der Waals surface area (Å²) in [5.41, 5.74) is 2.59. The van der Waals surface area contributed by atoms with Crippen LogP contribution in [0.1, 0.15) is 34.1 Å². The number of nitrogens with one attached hydrogen (secondary N) is 1. The number of rotatable bonds is 5. The van der Waals surface area contributed by atoms with Gasteiger partial charge in [0.1, 0.15) is 11.6 Å². The Morgan fingerprint density at radius 2 is 2.07 bits per heavy atom. The van der Waals surface area contributed by atoms with Crippen molar-refractivity contribution in [1.82, 2.24) is 20.3 Å². The SMILES string of the molecule is COc1cccc(-n2nnc(C(=O)N[C@@H]3C[C@H]3c3cccc(F)c3)c2C)c1. The van der Waals surface area contributed by atoms with Gasteiger partial charge in [0.2, 0.25) is 0 Å². The van der Waals surface area contributed by atoms with Gasteiger partial charge in [-0.25, -0.2) is 9.07 Å². The summed E-state index contributed by atoms with van der Waals surface area (Å²) in [6, 6.07) is 13.9. The minimum atomic E-state index is -0.273. The number of nitrogens with zero attached hydrogens (tertiary/aromatic N) is 3. The van der Waals surface area contributed by atoms with E-state index in [2.05, 4.69) is 15.6 Å². The number of methoxy groups -OCH3 is 1. The fourth-order valence-corrected chi connectivity index (χ4v) is 3.22. The number of carbonyl (C=O) groups is 1. The summed E-state index contributed by atoms with van der Waals surface area (Å²) in [5.74, 6) is 0.301.